The molecule has 3 heteroatoms. The van der Waals surface area contributed by atoms with Crippen molar-refractivity contribution in [2.45, 2.75) is 83.6 Å². The molecule has 0 saturated carbocycles. The molecule has 0 aromatic rings. The number of carbonyl (C=O) groups is 1. The first-order valence-electron chi connectivity index (χ1n) is 8.15. The highest BCUT2D eigenvalue weighted by Gasteiger charge is 2.23. The molecule has 1 atom stereocenters. The Labute approximate surface area is 127 Å². The van der Waals surface area contributed by atoms with Gasteiger partial charge >= 0.3 is 0 Å². The number of hydrogen-bond acceptors (Lipinski definition) is 1. The Morgan fingerprint density at radius 3 is 2.58 bits per heavy atom. The monoisotopic (exact) mass is 331 g/mol. The molecule has 1 aliphatic rings. The van der Waals surface area contributed by atoms with Gasteiger partial charge in [-0.25, -0.2) is 0 Å². The van der Waals surface area contributed by atoms with E-state index in [9.17, 15) is 4.79 Å². The van der Waals surface area contributed by atoms with E-state index in [1.54, 1.807) is 0 Å². The van der Waals surface area contributed by atoms with Crippen LogP contribution in [0.1, 0.15) is 77.6 Å². The van der Waals surface area contributed by atoms with Crippen LogP contribution in [-0.4, -0.2) is 28.7 Å². The fourth-order valence-electron chi connectivity index (χ4n) is 2.87. The summed E-state index contributed by atoms with van der Waals surface area (Å²) in [6.07, 6.45) is 13.2. The summed E-state index contributed by atoms with van der Waals surface area (Å²) in [5.74, 6) is 0.391. The fraction of sp³-hybridized carbons (Fsp3) is 0.938. The SMILES string of the molecule is CCCCCCCCC(=O)N1CCCCCC1CBr. The summed E-state index contributed by atoms with van der Waals surface area (Å²) >= 11 is 3.57. The van der Waals surface area contributed by atoms with Crippen LogP contribution in [0, 0.1) is 0 Å². The van der Waals surface area contributed by atoms with Crippen LogP contribution in [0.25, 0.3) is 0 Å². The smallest absolute Gasteiger partial charge is 0.222 e. The van der Waals surface area contributed by atoms with E-state index in [4.69, 9.17) is 0 Å². The topological polar surface area (TPSA) is 20.3 Å². The first-order valence-corrected chi connectivity index (χ1v) is 9.27. The summed E-state index contributed by atoms with van der Waals surface area (Å²) in [6, 6.07) is 0.440. The number of rotatable bonds is 8. The van der Waals surface area contributed by atoms with E-state index in [1.807, 2.05) is 0 Å². The van der Waals surface area contributed by atoms with Crippen molar-refractivity contribution in [1.29, 1.82) is 0 Å². The molecule has 1 aliphatic heterocycles. The Bertz CT molecular complexity index is 245. The molecule has 112 valence electrons. The van der Waals surface area contributed by atoms with Crippen molar-refractivity contribution in [2.24, 2.45) is 0 Å². The van der Waals surface area contributed by atoms with Gasteiger partial charge in [0.05, 0.1) is 0 Å². The molecule has 1 rings (SSSR count). The van der Waals surface area contributed by atoms with Gasteiger partial charge < -0.3 is 4.90 Å². The molecule has 0 radical (unpaired) electrons. The zero-order valence-electron chi connectivity index (χ0n) is 12.5. The lowest BCUT2D eigenvalue weighted by molar-refractivity contribution is -0.133. The van der Waals surface area contributed by atoms with E-state index >= 15 is 0 Å². The van der Waals surface area contributed by atoms with Crippen molar-refractivity contribution >= 4 is 21.8 Å². The Morgan fingerprint density at radius 1 is 1.11 bits per heavy atom. The predicted octanol–water partition coefficient (Wildman–Crippen LogP) is 4.90. The molecule has 1 unspecified atom stereocenters. The summed E-state index contributed by atoms with van der Waals surface area (Å²) in [5.41, 5.74) is 0. The van der Waals surface area contributed by atoms with E-state index in [0.29, 0.717) is 11.9 Å². The zero-order valence-corrected chi connectivity index (χ0v) is 14.1. The second kappa shape index (κ2) is 10.7. The van der Waals surface area contributed by atoms with Gasteiger partial charge in [0.1, 0.15) is 0 Å². The number of alkyl halides is 1. The van der Waals surface area contributed by atoms with Gasteiger partial charge in [-0.05, 0) is 19.3 Å². The molecule has 2 nitrogen and oxygen atoms in total. The number of hydrogen-bond donors (Lipinski definition) is 0. The quantitative estimate of drug-likeness (QED) is 0.457. The third kappa shape index (κ3) is 6.78. The van der Waals surface area contributed by atoms with Crippen LogP contribution < -0.4 is 0 Å². The van der Waals surface area contributed by atoms with Gasteiger partial charge in [0.25, 0.3) is 0 Å². The molecule has 19 heavy (non-hydrogen) atoms. The summed E-state index contributed by atoms with van der Waals surface area (Å²) in [5, 5.41) is 0.940. The number of unbranched alkanes of at least 4 members (excludes halogenated alkanes) is 5. The highest BCUT2D eigenvalue weighted by atomic mass is 79.9. The molecule has 0 spiro atoms. The average molecular weight is 332 g/mol. The molecule has 1 saturated heterocycles. The summed E-state index contributed by atoms with van der Waals surface area (Å²) < 4.78 is 0. The standard InChI is InChI=1S/C16H30BrNO/c1-2-3-4-5-6-9-12-16(19)18-13-10-7-8-11-15(18)14-17/h15H,2-14H2,1H3. The molecule has 0 N–H and O–H groups in total. The molecule has 1 fully saturated rings. The largest absolute Gasteiger partial charge is 0.339 e. The molecular weight excluding hydrogens is 302 g/mol. The van der Waals surface area contributed by atoms with Gasteiger partial charge in [-0.1, -0.05) is 67.8 Å². The van der Waals surface area contributed by atoms with Crippen LogP contribution in [0.4, 0.5) is 0 Å². The van der Waals surface area contributed by atoms with E-state index in [2.05, 4.69) is 27.8 Å². The number of carbonyl (C=O) groups excluding carboxylic acids is 1. The molecule has 0 aromatic carbocycles. The van der Waals surface area contributed by atoms with E-state index in [0.717, 1.165) is 24.7 Å². The fourth-order valence-corrected chi connectivity index (χ4v) is 3.54. The number of likely N-dealkylation sites (tertiary alicyclic amines) is 1. The number of nitrogens with zero attached hydrogens (tertiary/aromatic N) is 1. The lowest BCUT2D eigenvalue weighted by atomic mass is 10.1. The van der Waals surface area contributed by atoms with Crippen LogP contribution in [0.5, 0.6) is 0 Å². The van der Waals surface area contributed by atoms with Crippen LogP contribution in [0.2, 0.25) is 0 Å². The highest BCUT2D eigenvalue weighted by molar-refractivity contribution is 9.09. The minimum Gasteiger partial charge on any atom is -0.339 e. The van der Waals surface area contributed by atoms with Crippen LogP contribution in [0.3, 0.4) is 0 Å². The van der Waals surface area contributed by atoms with Gasteiger partial charge in [-0.15, -0.1) is 0 Å². The summed E-state index contributed by atoms with van der Waals surface area (Å²) in [7, 11) is 0. The highest BCUT2D eigenvalue weighted by Crippen LogP contribution is 2.20. The molecule has 1 amide bonds. The Balaban J connectivity index is 2.22. The Morgan fingerprint density at radius 2 is 1.84 bits per heavy atom. The molecule has 0 bridgehead atoms. The molecular formula is C16H30BrNO. The van der Waals surface area contributed by atoms with Gasteiger partial charge in [0.2, 0.25) is 5.91 Å². The molecule has 0 aromatic heterocycles. The van der Waals surface area contributed by atoms with Crippen LogP contribution in [-0.2, 0) is 4.79 Å². The van der Waals surface area contributed by atoms with Crippen molar-refractivity contribution < 1.29 is 4.79 Å². The Hall–Kier alpha value is -0.0500. The second-order valence-corrected chi connectivity index (χ2v) is 6.41. The van der Waals surface area contributed by atoms with Crippen molar-refractivity contribution in [1.82, 2.24) is 4.90 Å². The van der Waals surface area contributed by atoms with Gasteiger partial charge in [0, 0.05) is 24.3 Å². The lowest BCUT2D eigenvalue weighted by Gasteiger charge is -2.28. The van der Waals surface area contributed by atoms with Crippen molar-refractivity contribution in [3.05, 3.63) is 0 Å². The van der Waals surface area contributed by atoms with Gasteiger partial charge in [0.15, 0.2) is 0 Å². The number of amides is 1. The number of halogens is 1. The zero-order chi connectivity index (χ0) is 13.9. The predicted molar refractivity (Wildman–Crippen MR) is 85.8 cm³/mol. The first kappa shape index (κ1) is 17.0. The normalized spacial score (nSPS) is 20.3. The Kier molecular flexibility index (Phi) is 9.58. The van der Waals surface area contributed by atoms with E-state index in [-0.39, 0.29) is 0 Å². The van der Waals surface area contributed by atoms with E-state index in [1.165, 1.54) is 57.8 Å². The molecule has 1 heterocycles. The van der Waals surface area contributed by atoms with Gasteiger partial charge in [-0.3, -0.25) is 4.79 Å². The van der Waals surface area contributed by atoms with Gasteiger partial charge in [-0.2, -0.15) is 0 Å². The van der Waals surface area contributed by atoms with Crippen molar-refractivity contribution in [3.8, 4) is 0 Å². The third-order valence-electron chi connectivity index (χ3n) is 4.12. The van der Waals surface area contributed by atoms with E-state index < -0.39 is 0 Å². The average Bonchev–Trinajstić information content (AvgIpc) is 2.67. The minimum absolute atomic E-state index is 0.391. The maximum absolute atomic E-state index is 12.3. The van der Waals surface area contributed by atoms with Crippen molar-refractivity contribution in [2.75, 3.05) is 11.9 Å². The van der Waals surface area contributed by atoms with Crippen LogP contribution >= 0.6 is 15.9 Å². The molecule has 0 aliphatic carbocycles. The third-order valence-corrected chi connectivity index (χ3v) is 4.87. The van der Waals surface area contributed by atoms with Crippen LogP contribution in [0.15, 0.2) is 0 Å². The summed E-state index contributed by atoms with van der Waals surface area (Å²) in [4.78, 5) is 14.5. The van der Waals surface area contributed by atoms with Crippen molar-refractivity contribution in [3.63, 3.8) is 0 Å². The lowest BCUT2D eigenvalue weighted by Crippen LogP contribution is -2.40. The first-order chi connectivity index (χ1) is 9.29. The minimum atomic E-state index is 0.391. The second-order valence-electron chi connectivity index (χ2n) is 5.76. The maximum Gasteiger partial charge on any atom is 0.222 e. The maximum atomic E-state index is 12.3. The summed E-state index contributed by atoms with van der Waals surface area (Å²) in [6.45, 7) is 3.22.